The van der Waals surface area contributed by atoms with Crippen LogP contribution in [-0.2, 0) is 9.53 Å². The van der Waals surface area contributed by atoms with Crippen molar-refractivity contribution in [1.82, 2.24) is 10.2 Å². The van der Waals surface area contributed by atoms with E-state index in [0.29, 0.717) is 12.5 Å². The first kappa shape index (κ1) is 18.4. The predicted octanol–water partition coefficient (Wildman–Crippen LogP) is 2.29. The Bertz CT molecular complexity index is 257. The van der Waals surface area contributed by atoms with Crippen molar-refractivity contribution in [2.75, 3.05) is 33.8 Å². The minimum atomic E-state index is -0.549. The SMILES string of the molecule is CCOC(=O)C(C)(CCCCN(C)CC(C)C)NC. The summed E-state index contributed by atoms with van der Waals surface area (Å²) in [5, 5.41) is 3.10. The number of carbonyl (C=O) groups is 1. The molecule has 1 atom stereocenters. The third-order valence-corrected chi connectivity index (χ3v) is 3.42. The number of carbonyl (C=O) groups excluding carboxylic acids is 1. The van der Waals surface area contributed by atoms with Crippen LogP contribution in [0.3, 0.4) is 0 Å². The maximum absolute atomic E-state index is 11.9. The second-order valence-electron chi connectivity index (χ2n) is 5.92. The van der Waals surface area contributed by atoms with Gasteiger partial charge >= 0.3 is 5.97 Å². The van der Waals surface area contributed by atoms with Gasteiger partial charge < -0.3 is 15.0 Å². The normalized spacial score (nSPS) is 14.7. The van der Waals surface area contributed by atoms with Crippen molar-refractivity contribution in [2.45, 2.75) is 52.5 Å². The molecule has 0 saturated carbocycles. The summed E-state index contributed by atoms with van der Waals surface area (Å²) >= 11 is 0. The number of hydrogen-bond donors (Lipinski definition) is 1. The van der Waals surface area contributed by atoms with Gasteiger partial charge in [-0.2, -0.15) is 0 Å². The summed E-state index contributed by atoms with van der Waals surface area (Å²) in [5.41, 5.74) is -0.549. The van der Waals surface area contributed by atoms with Crippen LogP contribution < -0.4 is 5.32 Å². The molecule has 4 heteroatoms. The lowest BCUT2D eigenvalue weighted by molar-refractivity contribution is -0.150. The van der Waals surface area contributed by atoms with Crippen molar-refractivity contribution in [3.8, 4) is 0 Å². The standard InChI is InChI=1S/C15H32N2O2/c1-7-19-14(18)15(4,16-5)10-8-9-11-17(6)12-13(2)3/h13,16H,7-12H2,1-6H3. The topological polar surface area (TPSA) is 41.6 Å². The van der Waals surface area contributed by atoms with Crippen LogP contribution in [0.4, 0.5) is 0 Å². The number of unbranched alkanes of at least 4 members (excludes halogenated alkanes) is 1. The van der Waals surface area contributed by atoms with Crippen LogP contribution in [0.25, 0.3) is 0 Å². The number of hydrogen-bond acceptors (Lipinski definition) is 4. The van der Waals surface area contributed by atoms with Crippen molar-refractivity contribution in [3.63, 3.8) is 0 Å². The summed E-state index contributed by atoms with van der Waals surface area (Å²) in [4.78, 5) is 14.2. The minimum absolute atomic E-state index is 0.145. The van der Waals surface area contributed by atoms with Gasteiger partial charge in [0.25, 0.3) is 0 Å². The van der Waals surface area contributed by atoms with E-state index < -0.39 is 5.54 Å². The Morgan fingerprint density at radius 1 is 1.37 bits per heavy atom. The Balaban J connectivity index is 3.98. The molecule has 4 nitrogen and oxygen atoms in total. The molecule has 0 fully saturated rings. The molecule has 0 amide bonds. The molecule has 0 aromatic heterocycles. The first-order valence-corrected chi connectivity index (χ1v) is 7.40. The highest BCUT2D eigenvalue weighted by Gasteiger charge is 2.32. The van der Waals surface area contributed by atoms with E-state index in [2.05, 4.69) is 31.1 Å². The Labute approximate surface area is 118 Å². The molecule has 0 aliphatic rings. The lowest BCUT2D eigenvalue weighted by Gasteiger charge is -2.27. The molecular formula is C15H32N2O2. The van der Waals surface area contributed by atoms with Crippen molar-refractivity contribution < 1.29 is 9.53 Å². The predicted molar refractivity (Wildman–Crippen MR) is 80.3 cm³/mol. The van der Waals surface area contributed by atoms with Gasteiger partial charge in [-0.1, -0.05) is 13.8 Å². The number of ether oxygens (including phenoxy) is 1. The van der Waals surface area contributed by atoms with Gasteiger partial charge in [0.2, 0.25) is 0 Å². The maximum Gasteiger partial charge on any atom is 0.326 e. The van der Waals surface area contributed by atoms with E-state index in [1.165, 1.54) is 0 Å². The van der Waals surface area contributed by atoms with Gasteiger partial charge in [-0.15, -0.1) is 0 Å². The summed E-state index contributed by atoms with van der Waals surface area (Å²) in [6.45, 7) is 10.9. The van der Waals surface area contributed by atoms with E-state index >= 15 is 0 Å². The molecule has 0 spiro atoms. The maximum atomic E-state index is 11.9. The van der Waals surface area contributed by atoms with Gasteiger partial charge in [-0.25, -0.2) is 0 Å². The number of likely N-dealkylation sites (N-methyl/N-ethyl adjacent to an activating group) is 1. The van der Waals surface area contributed by atoms with E-state index in [9.17, 15) is 4.79 Å². The molecule has 19 heavy (non-hydrogen) atoms. The number of esters is 1. The highest BCUT2D eigenvalue weighted by Crippen LogP contribution is 2.16. The number of rotatable bonds is 10. The van der Waals surface area contributed by atoms with Crippen LogP contribution in [0.1, 0.15) is 47.0 Å². The Kier molecular flexibility index (Phi) is 9.02. The highest BCUT2D eigenvalue weighted by molar-refractivity contribution is 5.80. The fourth-order valence-corrected chi connectivity index (χ4v) is 2.19. The van der Waals surface area contributed by atoms with Crippen molar-refractivity contribution in [1.29, 1.82) is 0 Å². The summed E-state index contributed by atoms with van der Waals surface area (Å²) < 4.78 is 5.12. The molecule has 114 valence electrons. The van der Waals surface area contributed by atoms with Crippen LogP contribution in [0.2, 0.25) is 0 Å². The minimum Gasteiger partial charge on any atom is -0.465 e. The quantitative estimate of drug-likeness (QED) is 0.489. The molecular weight excluding hydrogens is 240 g/mol. The largest absolute Gasteiger partial charge is 0.465 e. The van der Waals surface area contributed by atoms with Crippen LogP contribution in [0.5, 0.6) is 0 Å². The van der Waals surface area contributed by atoms with Crippen molar-refractivity contribution >= 4 is 5.97 Å². The van der Waals surface area contributed by atoms with Gasteiger partial charge in [0.1, 0.15) is 5.54 Å². The van der Waals surface area contributed by atoms with E-state index in [-0.39, 0.29) is 5.97 Å². The van der Waals surface area contributed by atoms with Gasteiger partial charge in [0, 0.05) is 6.54 Å². The summed E-state index contributed by atoms with van der Waals surface area (Å²) in [5.74, 6) is 0.556. The van der Waals surface area contributed by atoms with E-state index in [1.54, 1.807) is 0 Å². The summed E-state index contributed by atoms with van der Waals surface area (Å²) in [7, 11) is 3.98. The molecule has 1 N–H and O–H groups in total. The van der Waals surface area contributed by atoms with E-state index in [4.69, 9.17) is 4.74 Å². The Morgan fingerprint density at radius 3 is 2.47 bits per heavy atom. The van der Waals surface area contributed by atoms with Crippen LogP contribution in [0, 0.1) is 5.92 Å². The summed E-state index contributed by atoms with van der Waals surface area (Å²) in [6.07, 6.45) is 2.95. The van der Waals surface area contributed by atoms with Gasteiger partial charge in [-0.3, -0.25) is 4.79 Å². The fourth-order valence-electron chi connectivity index (χ4n) is 2.19. The lowest BCUT2D eigenvalue weighted by atomic mass is 9.95. The first-order valence-electron chi connectivity index (χ1n) is 7.40. The second kappa shape index (κ2) is 9.32. The molecule has 0 aromatic rings. The molecule has 0 rings (SSSR count). The molecule has 0 aromatic carbocycles. The zero-order chi connectivity index (χ0) is 14.9. The lowest BCUT2D eigenvalue weighted by Crippen LogP contribution is -2.48. The number of nitrogens with zero attached hydrogens (tertiary/aromatic N) is 1. The van der Waals surface area contributed by atoms with Crippen LogP contribution in [-0.4, -0.2) is 50.2 Å². The van der Waals surface area contributed by atoms with Crippen LogP contribution in [0.15, 0.2) is 0 Å². The van der Waals surface area contributed by atoms with Gasteiger partial charge in [-0.05, 0) is 59.7 Å². The summed E-state index contributed by atoms with van der Waals surface area (Å²) in [6, 6.07) is 0. The molecule has 0 radical (unpaired) electrons. The first-order chi connectivity index (χ1) is 8.85. The molecule has 1 unspecified atom stereocenters. The Hall–Kier alpha value is -0.610. The second-order valence-corrected chi connectivity index (χ2v) is 5.92. The highest BCUT2D eigenvalue weighted by atomic mass is 16.5. The van der Waals surface area contributed by atoms with Crippen LogP contribution >= 0.6 is 0 Å². The van der Waals surface area contributed by atoms with Gasteiger partial charge in [0.05, 0.1) is 6.61 Å². The molecule has 0 aliphatic heterocycles. The Morgan fingerprint density at radius 2 is 2.00 bits per heavy atom. The zero-order valence-electron chi connectivity index (χ0n) is 13.6. The third kappa shape index (κ3) is 7.53. The molecule has 0 bridgehead atoms. The molecule has 0 saturated heterocycles. The average Bonchev–Trinajstić information content (AvgIpc) is 2.33. The fraction of sp³-hybridized carbons (Fsp3) is 0.933. The smallest absolute Gasteiger partial charge is 0.326 e. The average molecular weight is 272 g/mol. The third-order valence-electron chi connectivity index (χ3n) is 3.42. The monoisotopic (exact) mass is 272 g/mol. The molecule has 0 heterocycles. The zero-order valence-corrected chi connectivity index (χ0v) is 13.6. The molecule has 0 aliphatic carbocycles. The van der Waals surface area contributed by atoms with E-state index in [1.807, 2.05) is 20.9 Å². The number of nitrogens with one attached hydrogen (secondary N) is 1. The van der Waals surface area contributed by atoms with E-state index in [0.717, 1.165) is 32.4 Å². The van der Waals surface area contributed by atoms with Crippen molar-refractivity contribution in [2.24, 2.45) is 5.92 Å². The van der Waals surface area contributed by atoms with Gasteiger partial charge in [0.15, 0.2) is 0 Å². The van der Waals surface area contributed by atoms with Crippen molar-refractivity contribution in [3.05, 3.63) is 0 Å².